The van der Waals surface area contributed by atoms with Crippen LogP contribution in [-0.4, -0.2) is 11.3 Å². The second-order valence-electron chi connectivity index (χ2n) is 5.19. The predicted octanol–water partition coefficient (Wildman–Crippen LogP) is 2.99. The van der Waals surface area contributed by atoms with Crippen molar-refractivity contribution in [3.63, 3.8) is 0 Å². The maximum atomic E-state index is 5.71. The first-order chi connectivity index (χ1) is 10.2. The largest absolute Gasteiger partial charge is 0.467 e. The van der Waals surface area contributed by atoms with Gasteiger partial charge in [-0.1, -0.05) is 6.92 Å². The van der Waals surface area contributed by atoms with Crippen LogP contribution in [0.2, 0.25) is 0 Å². The lowest BCUT2D eigenvalue weighted by molar-refractivity contribution is 0.499. The van der Waals surface area contributed by atoms with Crippen LogP contribution in [0.4, 0.5) is 0 Å². The minimum atomic E-state index is 0.435. The summed E-state index contributed by atoms with van der Waals surface area (Å²) < 4.78 is 10.9. The number of nitrogens with one attached hydrogen (secondary N) is 2. The van der Waals surface area contributed by atoms with E-state index in [1.807, 2.05) is 24.3 Å². The first-order valence-corrected chi connectivity index (χ1v) is 7.32. The van der Waals surface area contributed by atoms with Gasteiger partial charge in [-0.05, 0) is 48.8 Å². The van der Waals surface area contributed by atoms with Crippen LogP contribution in [0, 0.1) is 5.92 Å². The van der Waals surface area contributed by atoms with Crippen molar-refractivity contribution in [2.45, 2.75) is 25.8 Å². The molecule has 0 unspecified atom stereocenters. The Morgan fingerprint density at radius 2 is 2.33 bits per heavy atom. The first-order valence-electron chi connectivity index (χ1n) is 6.91. The molecule has 21 heavy (non-hydrogen) atoms. The van der Waals surface area contributed by atoms with E-state index in [0.717, 1.165) is 23.2 Å². The summed E-state index contributed by atoms with van der Waals surface area (Å²) >= 11 is 5.11. The molecule has 0 radical (unpaired) electrons. The molecule has 1 fully saturated rings. The lowest BCUT2D eigenvalue weighted by Crippen LogP contribution is -2.31. The van der Waals surface area contributed by atoms with Gasteiger partial charge in [0.15, 0.2) is 5.11 Å². The van der Waals surface area contributed by atoms with E-state index in [4.69, 9.17) is 21.1 Å². The molecule has 1 aliphatic carbocycles. The molecule has 0 saturated heterocycles. The van der Waals surface area contributed by atoms with Crippen LogP contribution in [0.15, 0.2) is 44.5 Å². The number of hydrazone groups is 1. The van der Waals surface area contributed by atoms with Crippen LogP contribution in [-0.2, 0) is 6.54 Å². The molecule has 2 heterocycles. The van der Waals surface area contributed by atoms with Gasteiger partial charge in [0.1, 0.15) is 17.3 Å². The molecule has 0 amide bonds. The Balaban J connectivity index is 1.43. The average molecular weight is 303 g/mol. The molecular formula is C15H17N3O2S. The number of hydrogen-bond acceptors (Lipinski definition) is 4. The molecule has 3 rings (SSSR count). The van der Waals surface area contributed by atoms with Crippen molar-refractivity contribution in [3.8, 4) is 0 Å². The molecule has 110 valence electrons. The lowest BCUT2D eigenvalue weighted by Gasteiger charge is -2.04. The van der Waals surface area contributed by atoms with Crippen molar-refractivity contribution in [2.75, 3.05) is 0 Å². The van der Waals surface area contributed by atoms with Gasteiger partial charge in [-0.25, -0.2) is 0 Å². The van der Waals surface area contributed by atoms with Crippen molar-refractivity contribution in [1.82, 2.24) is 10.7 Å². The van der Waals surface area contributed by atoms with Crippen molar-refractivity contribution < 1.29 is 8.83 Å². The van der Waals surface area contributed by atoms with Crippen molar-refractivity contribution in [3.05, 3.63) is 47.8 Å². The maximum Gasteiger partial charge on any atom is 0.187 e. The third kappa shape index (κ3) is 3.72. The highest BCUT2D eigenvalue weighted by molar-refractivity contribution is 7.80. The quantitative estimate of drug-likeness (QED) is 0.505. The second kappa shape index (κ2) is 6.13. The molecule has 6 heteroatoms. The molecule has 2 N–H and O–H groups in total. The zero-order valence-corrected chi connectivity index (χ0v) is 12.5. The van der Waals surface area contributed by atoms with Crippen LogP contribution in [0.3, 0.4) is 0 Å². The van der Waals surface area contributed by atoms with Crippen molar-refractivity contribution in [1.29, 1.82) is 0 Å². The van der Waals surface area contributed by atoms with E-state index in [2.05, 4.69) is 22.8 Å². The third-order valence-electron chi connectivity index (χ3n) is 3.48. The Kier molecular flexibility index (Phi) is 4.06. The van der Waals surface area contributed by atoms with Crippen LogP contribution in [0.1, 0.15) is 36.5 Å². The minimum Gasteiger partial charge on any atom is -0.467 e. The van der Waals surface area contributed by atoms with E-state index in [1.54, 1.807) is 12.5 Å². The van der Waals surface area contributed by atoms with E-state index in [9.17, 15) is 0 Å². The highest BCUT2D eigenvalue weighted by Gasteiger charge is 2.36. The molecule has 2 atom stereocenters. The Morgan fingerprint density at radius 3 is 3.05 bits per heavy atom. The fourth-order valence-corrected chi connectivity index (χ4v) is 2.26. The third-order valence-corrected chi connectivity index (χ3v) is 3.72. The smallest absolute Gasteiger partial charge is 0.187 e. The Morgan fingerprint density at radius 1 is 1.48 bits per heavy atom. The molecule has 0 aliphatic heterocycles. The van der Waals surface area contributed by atoms with Crippen LogP contribution in [0.25, 0.3) is 0 Å². The summed E-state index contributed by atoms with van der Waals surface area (Å²) in [6.45, 7) is 2.75. The van der Waals surface area contributed by atoms with Crippen LogP contribution >= 0.6 is 12.2 Å². The van der Waals surface area contributed by atoms with E-state index >= 15 is 0 Å². The van der Waals surface area contributed by atoms with Gasteiger partial charge < -0.3 is 14.2 Å². The first kappa shape index (κ1) is 13.9. The van der Waals surface area contributed by atoms with E-state index < -0.39 is 0 Å². The highest BCUT2D eigenvalue weighted by atomic mass is 32.1. The van der Waals surface area contributed by atoms with E-state index in [0.29, 0.717) is 17.6 Å². The highest BCUT2D eigenvalue weighted by Crippen LogP contribution is 2.47. The van der Waals surface area contributed by atoms with E-state index in [-0.39, 0.29) is 0 Å². The maximum absolute atomic E-state index is 5.71. The summed E-state index contributed by atoms with van der Waals surface area (Å²) in [5, 5.41) is 7.48. The SMILES string of the molecule is C[C@@H]1C[C@@H]1c1ccc(/C=N\NC(=S)NCc2ccco2)o1. The fourth-order valence-electron chi connectivity index (χ4n) is 2.13. The summed E-state index contributed by atoms with van der Waals surface area (Å²) in [7, 11) is 0. The standard InChI is InChI=1S/C15H17N3O2S/c1-10-7-13(10)14-5-4-12(20-14)9-17-18-15(21)16-8-11-3-2-6-19-11/h2-6,9-10,13H,7-8H2,1H3,(H2,16,18,21)/b17-9-/t10-,13+/m1/s1. The average Bonchev–Trinajstić information content (AvgIpc) is 2.90. The van der Waals surface area contributed by atoms with Gasteiger partial charge in [-0.15, -0.1) is 0 Å². The number of rotatable bonds is 5. The summed E-state index contributed by atoms with van der Waals surface area (Å²) in [4.78, 5) is 0. The van der Waals surface area contributed by atoms with Crippen molar-refractivity contribution in [2.24, 2.45) is 11.0 Å². The topological polar surface area (TPSA) is 62.7 Å². The molecule has 1 aliphatic rings. The monoisotopic (exact) mass is 303 g/mol. The van der Waals surface area contributed by atoms with Gasteiger partial charge in [0.25, 0.3) is 0 Å². The predicted molar refractivity (Wildman–Crippen MR) is 84.1 cm³/mol. The summed E-state index contributed by atoms with van der Waals surface area (Å²) in [5.74, 6) is 3.90. The Labute approximate surface area is 128 Å². The molecule has 5 nitrogen and oxygen atoms in total. The molecular weight excluding hydrogens is 286 g/mol. The van der Waals surface area contributed by atoms with Gasteiger partial charge in [-0.3, -0.25) is 5.43 Å². The van der Waals surface area contributed by atoms with Gasteiger partial charge in [-0.2, -0.15) is 5.10 Å². The van der Waals surface area contributed by atoms with Crippen molar-refractivity contribution >= 4 is 23.5 Å². The summed E-state index contributed by atoms with van der Waals surface area (Å²) in [6.07, 6.45) is 4.46. The zero-order valence-electron chi connectivity index (χ0n) is 11.7. The summed E-state index contributed by atoms with van der Waals surface area (Å²) in [6, 6.07) is 7.65. The molecule has 2 aromatic rings. The second-order valence-corrected chi connectivity index (χ2v) is 5.60. The van der Waals surface area contributed by atoms with E-state index in [1.165, 1.54) is 6.42 Å². The molecule has 1 saturated carbocycles. The van der Waals surface area contributed by atoms with Gasteiger partial charge in [0.05, 0.1) is 19.0 Å². The van der Waals surface area contributed by atoms with Gasteiger partial charge >= 0.3 is 0 Å². The van der Waals surface area contributed by atoms with Crippen LogP contribution in [0.5, 0.6) is 0 Å². The van der Waals surface area contributed by atoms with Gasteiger partial charge in [0.2, 0.25) is 0 Å². The van der Waals surface area contributed by atoms with Crippen LogP contribution < -0.4 is 10.7 Å². The minimum absolute atomic E-state index is 0.435. The number of hydrogen-bond donors (Lipinski definition) is 2. The Bertz CT molecular complexity index is 633. The Hall–Kier alpha value is -2.08. The molecule has 0 bridgehead atoms. The molecule has 0 spiro atoms. The molecule has 0 aromatic carbocycles. The normalized spacial score (nSPS) is 20.6. The zero-order chi connectivity index (χ0) is 14.7. The molecule has 2 aromatic heterocycles. The number of thiocarbonyl (C=S) groups is 1. The summed E-state index contributed by atoms with van der Waals surface area (Å²) in [5.41, 5.74) is 2.74. The fraction of sp³-hybridized carbons (Fsp3) is 0.333. The van der Waals surface area contributed by atoms with Gasteiger partial charge in [0, 0.05) is 5.92 Å². The number of furan rings is 2. The number of nitrogens with zero attached hydrogens (tertiary/aromatic N) is 1. The lowest BCUT2D eigenvalue weighted by atomic mass is 10.3.